The molecule has 0 nitrogen and oxygen atoms in total. The fourth-order valence-corrected chi connectivity index (χ4v) is 3.90. The third kappa shape index (κ3) is 4.22. The number of rotatable bonds is 2. The van der Waals surface area contributed by atoms with E-state index in [0.29, 0.717) is 17.0 Å². The number of hydrogen-bond acceptors (Lipinski definition) is 0. The molecule has 0 saturated heterocycles. The smallest absolute Gasteiger partial charge is 0.160 e. The van der Waals surface area contributed by atoms with Gasteiger partial charge in [0.25, 0.3) is 0 Å². The fourth-order valence-electron chi connectivity index (χ4n) is 3.90. The van der Waals surface area contributed by atoms with E-state index in [9.17, 15) is 13.2 Å². The summed E-state index contributed by atoms with van der Waals surface area (Å²) < 4.78 is 41.0. The number of aryl methyl sites for hydroxylation is 2. The van der Waals surface area contributed by atoms with Crippen molar-refractivity contribution in [2.45, 2.75) is 38.5 Å². The highest BCUT2D eigenvalue weighted by Gasteiger charge is 2.21. The minimum atomic E-state index is -0.958. The summed E-state index contributed by atoms with van der Waals surface area (Å²) >= 11 is 0. The van der Waals surface area contributed by atoms with Crippen LogP contribution in [0.25, 0.3) is 0 Å². The molecule has 3 aromatic rings. The van der Waals surface area contributed by atoms with Gasteiger partial charge in [-0.1, -0.05) is 43.0 Å². The molecule has 146 valence electrons. The minimum absolute atomic E-state index is 0.291. The zero-order valence-electron chi connectivity index (χ0n) is 16.2. The van der Waals surface area contributed by atoms with Gasteiger partial charge in [-0.25, -0.2) is 13.2 Å². The molecule has 1 atom stereocenters. The van der Waals surface area contributed by atoms with Gasteiger partial charge in [-0.15, -0.1) is 0 Å². The van der Waals surface area contributed by atoms with Crippen LogP contribution in [0.5, 0.6) is 0 Å². The summed E-state index contributed by atoms with van der Waals surface area (Å²) in [6, 6.07) is 15.5. The molecule has 4 rings (SSSR count). The molecular formula is C26H21F3. The van der Waals surface area contributed by atoms with Gasteiger partial charge in [0.2, 0.25) is 0 Å². The Morgan fingerprint density at radius 1 is 0.828 bits per heavy atom. The average molecular weight is 390 g/mol. The van der Waals surface area contributed by atoms with E-state index in [2.05, 4.69) is 43.0 Å². The Morgan fingerprint density at radius 2 is 1.62 bits per heavy atom. The molecule has 1 aliphatic rings. The third-order valence-corrected chi connectivity index (χ3v) is 5.64. The Kier molecular flexibility index (Phi) is 5.45. The summed E-state index contributed by atoms with van der Waals surface area (Å²) in [5, 5.41) is 0. The van der Waals surface area contributed by atoms with Gasteiger partial charge in [0.1, 0.15) is 5.82 Å². The monoisotopic (exact) mass is 390 g/mol. The molecule has 0 heterocycles. The number of halogens is 3. The summed E-state index contributed by atoms with van der Waals surface area (Å²) in [7, 11) is 0. The Hall–Kier alpha value is -2.99. The molecule has 29 heavy (non-hydrogen) atoms. The SMILES string of the molecule is CCc1ccc(C2CCc3cc(C#Cc4ccc(F)c(F)c4)c(F)cc3C2)cc1. The fraction of sp³-hybridized carbons (Fsp3) is 0.231. The molecular weight excluding hydrogens is 369 g/mol. The lowest BCUT2D eigenvalue weighted by molar-refractivity contribution is 0.508. The van der Waals surface area contributed by atoms with Crippen LogP contribution in [0, 0.1) is 29.3 Å². The summed E-state index contributed by atoms with van der Waals surface area (Å²) in [4.78, 5) is 0. The first-order chi connectivity index (χ1) is 14.0. The maximum absolute atomic E-state index is 14.6. The molecule has 0 N–H and O–H groups in total. The van der Waals surface area contributed by atoms with Gasteiger partial charge in [-0.2, -0.15) is 0 Å². The van der Waals surface area contributed by atoms with Crippen LogP contribution >= 0.6 is 0 Å². The van der Waals surface area contributed by atoms with Crippen LogP contribution in [0.3, 0.4) is 0 Å². The van der Waals surface area contributed by atoms with Gasteiger partial charge in [0, 0.05) is 5.56 Å². The third-order valence-electron chi connectivity index (χ3n) is 5.64. The van der Waals surface area contributed by atoms with Crippen molar-refractivity contribution in [3.63, 3.8) is 0 Å². The second kappa shape index (κ2) is 8.17. The molecule has 0 aliphatic heterocycles. The number of hydrogen-bond donors (Lipinski definition) is 0. The van der Waals surface area contributed by atoms with Gasteiger partial charge in [0.15, 0.2) is 11.6 Å². The average Bonchev–Trinajstić information content (AvgIpc) is 2.74. The molecule has 0 bridgehead atoms. The molecule has 0 radical (unpaired) electrons. The summed E-state index contributed by atoms with van der Waals surface area (Å²) in [5.74, 6) is 3.63. The zero-order chi connectivity index (χ0) is 20.4. The minimum Gasteiger partial charge on any atom is -0.206 e. The normalized spacial score (nSPS) is 15.4. The van der Waals surface area contributed by atoms with Crippen molar-refractivity contribution in [3.05, 3.63) is 105 Å². The standard InChI is InChI=1S/C26H21F3/c1-2-17-3-7-19(8-4-17)20-10-11-21-14-22(25(28)16-23(21)15-20)9-5-18-6-12-24(27)26(29)13-18/h3-4,6-8,12-14,16,20H,2,10-11,15H2,1H3. The first kappa shape index (κ1) is 19.3. The molecule has 0 amide bonds. The molecule has 3 aromatic carbocycles. The molecule has 1 aliphatic carbocycles. The second-order valence-electron chi connectivity index (χ2n) is 7.51. The first-order valence-corrected chi connectivity index (χ1v) is 9.90. The summed E-state index contributed by atoms with van der Waals surface area (Å²) in [6.07, 6.45) is 3.72. The van der Waals surface area contributed by atoms with Gasteiger partial charge in [-0.3, -0.25) is 0 Å². The predicted molar refractivity (Wildman–Crippen MR) is 109 cm³/mol. The van der Waals surface area contributed by atoms with E-state index < -0.39 is 11.6 Å². The predicted octanol–water partition coefficient (Wildman–Crippen LogP) is 6.34. The molecule has 0 spiro atoms. The lowest BCUT2D eigenvalue weighted by atomic mass is 9.79. The van der Waals surface area contributed by atoms with Crippen molar-refractivity contribution >= 4 is 0 Å². The van der Waals surface area contributed by atoms with Crippen LogP contribution < -0.4 is 0 Å². The van der Waals surface area contributed by atoms with Crippen molar-refractivity contribution in [3.8, 4) is 11.8 Å². The van der Waals surface area contributed by atoms with Gasteiger partial charge in [-0.05, 0) is 84.2 Å². The van der Waals surface area contributed by atoms with Crippen molar-refractivity contribution in [1.82, 2.24) is 0 Å². The molecule has 0 saturated carbocycles. The largest absolute Gasteiger partial charge is 0.206 e. The number of fused-ring (bicyclic) bond motifs is 1. The van der Waals surface area contributed by atoms with Gasteiger partial charge < -0.3 is 0 Å². The van der Waals surface area contributed by atoms with Crippen LogP contribution in [0.1, 0.15) is 52.6 Å². The van der Waals surface area contributed by atoms with Crippen LogP contribution in [0.2, 0.25) is 0 Å². The van der Waals surface area contributed by atoms with E-state index in [1.807, 2.05) is 0 Å². The molecule has 0 aromatic heterocycles. The van der Waals surface area contributed by atoms with Crippen LogP contribution in [0.15, 0.2) is 54.6 Å². The van der Waals surface area contributed by atoms with Crippen LogP contribution in [0.4, 0.5) is 13.2 Å². The molecule has 3 heteroatoms. The lowest BCUT2D eigenvalue weighted by Gasteiger charge is -2.25. The molecule has 1 unspecified atom stereocenters. The Bertz CT molecular complexity index is 1100. The first-order valence-electron chi connectivity index (χ1n) is 9.90. The van der Waals surface area contributed by atoms with Gasteiger partial charge in [0.05, 0.1) is 5.56 Å². The van der Waals surface area contributed by atoms with E-state index in [1.165, 1.54) is 17.2 Å². The van der Waals surface area contributed by atoms with E-state index in [1.54, 1.807) is 12.1 Å². The Morgan fingerprint density at radius 3 is 2.34 bits per heavy atom. The van der Waals surface area contributed by atoms with E-state index >= 15 is 0 Å². The Balaban J connectivity index is 1.56. The maximum atomic E-state index is 14.6. The topological polar surface area (TPSA) is 0 Å². The quantitative estimate of drug-likeness (QED) is 0.448. The summed E-state index contributed by atoms with van der Waals surface area (Å²) in [5.41, 5.74) is 5.37. The highest BCUT2D eigenvalue weighted by atomic mass is 19.2. The molecule has 0 fully saturated rings. The Labute approximate surface area is 169 Å². The van der Waals surface area contributed by atoms with Crippen molar-refractivity contribution in [2.24, 2.45) is 0 Å². The van der Waals surface area contributed by atoms with E-state index in [0.717, 1.165) is 48.9 Å². The van der Waals surface area contributed by atoms with Crippen LogP contribution in [-0.4, -0.2) is 0 Å². The van der Waals surface area contributed by atoms with Crippen molar-refractivity contribution in [1.29, 1.82) is 0 Å². The van der Waals surface area contributed by atoms with Crippen molar-refractivity contribution in [2.75, 3.05) is 0 Å². The maximum Gasteiger partial charge on any atom is 0.160 e. The zero-order valence-corrected chi connectivity index (χ0v) is 16.2. The van der Waals surface area contributed by atoms with Gasteiger partial charge >= 0.3 is 0 Å². The van der Waals surface area contributed by atoms with Crippen molar-refractivity contribution < 1.29 is 13.2 Å². The highest BCUT2D eigenvalue weighted by molar-refractivity contribution is 5.48. The number of benzene rings is 3. The second-order valence-corrected chi connectivity index (χ2v) is 7.51. The van der Waals surface area contributed by atoms with E-state index in [4.69, 9.17) is 0 Å². The lowest BCUT2D eigenvalue weighted by Crippen LogP contribution is -2.13. The van der Waals surface area contributed by atoms with Crippen LogP contribution in [-0.2, 0) is 19.3 Å². The highest BCUT2D eigenvalue weighted by Crippen LogP contribution is 2.34. The van der Waals surface area contributed by atoms with E-state index in [-0.39, 0.29) is 5.82 Å². The summed E-state index contributed by atoms with van der Waals surface area (Å²) in [6.45, 7) is 2.14.